The third-order valence-electron chi connectivity index (χ3n) is 4.56. The van der Waals surface area contributed by atoms with Gasteiger partial charge in [-0.1, -0.05) is 24.3 Å². The summed E-state index contributed by atoms with van der Waals surface area (Å²) in [5, 5.41) is 5.83. The number of carbonyl (C=O) groups is 2. The third-order valence-corrected chi connectivity index (χ3v) is 4.56. The van der Waals surface area contributed by atoms with Crippen LogP contribution in [-0.4, -0.2) is 17.9 Å². The predicted octanol–water partition coefficient (Wildman–Crippen LogP) is 4.06. The van der Waals surface area contributed by atoms with Gasteiger partial charge in [0.25, 0.3) is 5.91 Å². The Hall–Kier alpha value is -2.82. The number of carbonyl (C=O) groups excluding carboxylic acids is 2. The molecule has 26 heavy (non-hydrogen) atoms. The molecule has 0 aliphatic heterocycles. The number of aryl methyl sites for hydroxylation is 1. The van der Waals surface area contributed by atoms with Crippen LogP contribution < -0.4 is 15.4 Å². The SMILES string of the molecule is Cc1ccccc1OC(C)C(=O)Nc1cccc(NC(=O)C2CC2)c1C. The summed E-state index contributed by atoms with van der Waals surface area (Å²) in [5.74, 6) is 0.641. The van der Waals surface area contributed by atoms with Gasteiger partial charge in [0.05, 0.1) is 0 Å². The second-order valence-corrected chi connectivity index (χ2v) is 6.76. The number of anilines is 2. The van der Waals surface area contributed by atoms with Crippen LogP contribution in [0.1, 0.15) is 30.9 Å². The molecule has 136 valence electrons. The molecule has 2 amide bonds. The first-order valence-corrected chi connectivity index (χ1v) is 8.89. The fourth-order valence-electron chi connectivity index (χ4n) is 2.65. The molecule has 5 nitrogen and oxygen atoms in total. The van der Waals surface area contributed by atoms with Crippen LogP contribution in [0.2, 0.25) is 0 Å². The minimum Gasteiger partial charge on any atom is -0.481 e. The molecule has 0 heterocycles. The van der Waals surface area contributed by atoms with E-state index in [4.69, 9.17) is 4.74 Å². The van der Waals surface area contributed by atoms with E-state index in [-0.39, 0.29) is 17.7 Å². The van der Waals surface area contributed by atoms with Gasteiger partial charge in [-0.25, -0.2) is 0 Å². The van der Waals surface area contributed by atoms with E-state index in [2.05, 4.69) is 10.6 Å². The second-order valence-electron chi connectivity index (χ2n) is 6.76. The highest BCUT2D eigenvalue weighted by molar-refractivity contribution is 5.98. The first-order chi connectivity index (χ1) is 12.5. The summed E-state index contributed by atoms with van der Waals surface area (Å²) < 4.78 is 5.77. The van der Waals surface area contributed by atoms with Gasteiger partial charge in [-0.3, -0.25) is 9.59 Å². The Morgan fingerprint density at radius 1 is 1.00 bits per heavy atom. The van der Waals surface area contributed by atoms with Crippen molar-refractivity contribution in [2.24, 2.45) is 5.92 Å². The van der Waals surface area contributed by atoms with E-state index in [1.807, 2.05) is 56.3 Å². The summed E-state index contributed by atoms with van der Waals surface area (Å²) >= 11 is 0. The highest BCUT2D eigenvalue weighted by atomic mass is 16.5. The van der Waals surface area contributed by atoms with Gasteiger partial charge >= 0.3 is 0 Å². The lowest BCUT2D eigenvalue weighted by molar-refractivity contribution is -0.122. The molecular formula is C21H24N2O3. The Balaban J connectivity index is 1.66. The number of hydrogen-bond donors (Lipinski definition) is 2. The average molecular weight is 352 g/mol. The van der Waals surface area contributed by atoms with E-state index in [0.29, 0.717) is 11.4 Å². The number of amides is 2. The highest BCUT2D eigenvalue weighted by Crippen LogP contribution is 2.31. The highest BCUT2D eigenvalue weighted by Gasteiger charge is 2.30. The van der Waals surface area contributed by atoms with Crippen molar-refractivity contribution in [3.63, 3.8) is 0 Å². The van der Waals surface area contributed by atoms with E-state index >= 15 is 0 Å². The normalized spacial score (nSPS) is 14.4. The molecule has 1 aliphatic carbocycles. The van der Waals surface area contributed by atoms with Crippen molar-refractivity contribution < 1.29 is 14.3 Å². The maximum absolute atomic E-state index is 12.5. The van der Waals surface area contributed by atoms with Crippen LogP contribution in [0.5, 0.6) is 5.75 Å². The molecule has 2 aromatic carbocycles. The zero-order valence-electron chi connectivity index (χ0n) is 15.3. The van der Waals surface area contributed by atoms with Crippen molar-refractivity contribution in [1.29, 1.82) is 0 Å². The van der Waals surface area contributed by atoms with Gasteiger partial charge in [0.15, 0.2) is 6.10 Å². The minimum absolute atomic E-state index is 0.0489. The smallest absolute Gasteiger partial charge is 0.265 e. The number of rotatable bonds is 6. The Labute approximate surface area is 153 Å². The molecule has 1 saturated carbocycles. The molecular weight excluding hydrogens is 328 g/mol. The Kier molecular flexibility index (Phi) is 5.26. The van der Waals surface area contributed by atoms with Crippen molar-refractivity contribution in [3.05, 3.63) is 53.6 Å². The van der Waals surface area contributed by atoms with Crippen LogP contribution in [0.15, 0.2) is 42.5 Å². The lowest BCUT2D eigenvalue weighted by atomic mass is 10.1. The van der Waals surface area contributed by atoms with Crippen LogP contribution in [0.4, 0.5) is 11.4 Å². The summed E-state index contributed by atoms with van der Waals surface area (Å²) in [4.78, 5) is 24.5. The van der Waals surface area contributed by atoms with E-state index in [1.165, 1.54) is 0 Å². The largest absolute Gasteiger partial charge is 0.481 e. The summed E-state index contributed by atoms with van der Waals surface area (Å²) in [6.07, 6.45) is 1.27. The molecule has 0 radical (unpaired) electrons. The number of para-hydroxylation sites is 1. The molecule has 2 aromatic rings. The fraction of sp³-hybridized carbons (Fsp3) is 0.333. The molecule has 1 atom stereocenters. The van der Waals surface area contributed by atoms with Crippen LogP contribution in [0.3, 0.4) is 0 Å². The molecule has 1 fully saturated rings. The topological polar surface area (TPSA) is 67.4 Å². The molecule has 0 saturated heterocycles. The van der Waals surface area contributed by atoms with Gasteiger partial charge in [-0.2, -0.15) is 0 Å². The predicted molar refractivity (Wildman–Crippen MR) is 102 cm³/mol. The lowest BCUT2D eigenvalue weighted by Crippen LogP contribution is -2.30. The lowest BCUT2D eigenvalue weighted by Gasteiger charge is -2.18. The third kappa shape index (κ3) is 4.23. The van der Waals surface area contributed by atoms with Crippen LogP contribution in [0.25, 0.3) is 0 Å². The van der Waals surface area contributed by atoms with Crippen LogP contribution in [0, 0.1) is 19.8 Å². The molecule has 5 heteroatoms. The van der Waals surface area contributed by atoms with Crippen LogP contribution in [-0.2, 0) is 9.59 Å². The second kappa shape index (κ2) is 7.60. The van der Waals surface area contributed by atoms with Gasteiger partial charge in [-0.15, -0.1) is 0 Å². The molecule has 0 aromatic heterocycles. The molecule has 0 spiro atoms. The molecule has 3 rings (SSSR count). The number of hydrogen-bond acceptors (Lipinski definition) is 3. The molecule has 1 aliphatic rings. The summed E-state index contributed by atoms with van der Waals surface area (Å²) in [6.45, 7) is 5.54. The molecule has 1 unspecified atom stereocenters. The van der Waals surface area contributed by atoms with E-state index in [9.17, 15) is 9.59 Å². The summed E-state index contributed by atoms with van der Waals surface area (Å²) in [5.41, 5.74) is 3.21. The zero-order valence-corrected chi connectivity index (χ0v) is 15.3. The molecule has 0 bridgehead atoms. The monoisotopic (exact) mass is 352 g/mol. The van der Waals surface area contributed by atoms with Crippen molar-refractivity contribution in [1.82, 2.24) is 0 Å². The minimum atomic E-state index is -0.639. The standard InChI is InChI=1S/C21H24N2O3/c1-13-7-4-5-10-19(13)26-15(3)20(24)22-17-8-6-9-18(14(17)2)23-21(25)16-11-12-16/h4-10,15-16H,11-12H2,1-3H3,(H,22,24)(H,23,25). The average Bonchev–Trinajstić information content (AvgIpc) is 3.45. The Bertz CT molecular complexity index is 828. The van der Waals surface area contributed by atoms with Crippen molar-refractivity contribution in [3.8, 4) is 5.75 Å². The first kappa shape index (κ1) is 18.0. The maximum atomic E-state index is 12.5. The van der Waals surface area contributed by atoms with Gasteiger partial charge in [0, 0.05) is 17.3 Å². The number of nitrogens with one attached hydrogen (secondary N) is 2. The van der Waals surface area contributed by atoms with E-state index in [0.717, 1.165) is 29.7 Å². The van der Waals surface area contributed by atoms with Gasteiger partial charge < -0.3 is 15.4 Å². The maximum Gasteiger partial charge on any atom is 0.265 e. The van der Waals surface area contributed by atoms with E-state index in [1.54, 1.807) is 6.92 Å². The summed E-state index contributed by atoms with van der Waals surface area (Å²) in [7, 11) is 0. The van der Waals surface area contributed by atoms with Crippen molar-refractivity contribution in [2.45, 2.75) is 39.7 Å². The van der Waals surface area contributed by atoms with Crippen molar-refractivity contribution >= 4 is 23.2 Å². The van der Waals surface area contributed by atoms with E-state index < -0.39 is 6.10 Å². The first-order valence-electron chi connectivity index (χ1n) is 8.89. The quantitative estimate of drug-likeness (QED) is 0.824. The van der Waals surface area contributed by atoms with Gasteiger partial charge in [-0.05, 0) is 62.9 Å². The Morgan fingerprint density at radius 3 is 2.31 bits per heavy atom. The van der Waals surface area contributed by atoms with Crippen LogP contribution >= 0.6 is 0 Å². The number of benzene rings is 2. The van der Waals surface area contributed by atoms with Crippen molar-refractivity contribution in [2.75, 3.05) is 10.6 Å². The fourth-order valence-corrected chi connectivity index (χ4v) is 2.65. The summed E-state index contributed by atoms with van der Waals surface area (Å²) in [6, 6.07) is 13.1. The van der Waals surface area contributed by atoms with Gasteiger partial charge in [0.2, 0.25) is 5.91 Å². The Morgan fingerprint density at radius 2 is 1.65 bits per heavy atom. The van der Waals surface area contributed by atoms with Gasteiger partial charge in [0.1, 0.15) is 5.75 Å². The number of ether oxygens (including phenoxy) is 1. The molecule has 2 N–H and O–H groups in total. The zero-order chi connectivity index (χ0) is 18.7.